The Balaban J connectivity index is 0.814. The molecule has 14 aromatic carbocycles. The number of benzene rings is 14. The average molecular weight is 1160 g/mol. The van der Waals surface area contributed by atoms with Crippen molar-refractivity contribution in [1.82, 2.24) is 0 Å². The van der Waals surface area contributed by atoms with Crippen LogP contribution in [0.4, 0.5) is 34.1 Å². The molecule has 0 unspecified atom stereocenters. The van der Waals surface area contributed by atoms with E-state index in [0.717, 1.165) is 34.1 Å². The van der Waals surface area contributed by atoms with E-state index in [2.05, 4.69) is 356 Å². The number of fused-ring (bicyclic) bond motifs is 5. The van der Waals surface area contributed by atoms with Crippen LogP contribution >= 0.6 is 0 Å². The van der Waals surface area contributed by atoms with Crippen molar-refractivity contribution in [2.45, 2.75) is 67.2 Å². The smallest absolute Gasteiger partial charge is 0.0546 e. The van der Waals surface area contributed by atoms with Crippen LogP contribution in [0.1, 0.15) is 72.9 Å². The molecule has 90 heavy (non-hydrogen) atoms. The van der Waals surface area contributed by atoms with Gasteiger partial charge in [0.05, 0.1) is 11.4 Å². The number of nitrogens with zero attached hydrogens (tertiary/aromatic N) is 2. The van der Waals surface area contributed by atoms with Crippen LogP contribution < -0.4 is 9.80 Å². The molecule has 0 atom stereocenters. The zero-order chi connectivity index (χ0) is 61.6. The molecule has 0 spiro atoms. The lowest BCUT2D eigenvalue weighted by Gasteiger charge is -2.31. The van der Waals surface area contributed by atoms with E-state index in [9.17, 15) is 0 Å². The number of hydrogen-bond acceptors (Lipinski definition) is 2. The fourth-order valence-electron chi connectivity index (χ4n) is 13.4. The molecule has 436 valence electrons. The van der Waals surface area contributed by atoms with Crippen LogP contribution in [0.25, 0.3) is 99.1 Å². The van der Waals surface area contributed by atoms with Crippen LogP contribution in [0.15, 0.2) is 291 Å². The van der Waals surface area contributed by atoms with Crippen LogP contribution in [0, 0.1) is 27.7 Å². The highest BCUT2D eigenvalue weighted by molar-refractivity contribution is 6.24. The lowest BCUT2D eigenvalue weighted by Crippen LogP contribution is -2.13. The predicted octanol–water partition coefficient (Wildman–Crippen LogP) is 25.6. The highest BCUT2D eigenvalue weighted by Gasteiger charge is 2.24. The van der Waals surface area contributed by atoms with Gasteiger partial charge in [-0.3, -0.25) is 0 Å². The maximum Gasteiger partial charge on any atom is 0.0546 e. The zero-order valence-electron chi connectivity index (χ0n) is 52.8. The van der Waals surface area contributed by atoms with Gasteiger partial charge in [0.2, 0.25) is 0 Å². The molecule has 0 N–H and O–H groups in total. The maximum absolute atomic E-state index is 2.48. The first-order valence-corrected chi connectivity index (χ1v) is 31.8. The van der Waals surface area contributed by atoms with E-state index in [1.165, 1.54) is 132 Å². The van der Waals surface area contributed by atoms with Crippen LogP contribution in [0.2, 0.25) is 0 Å². The highest BCUT2D eigenvalue weighted by Crippen LogP contribution is 2.49. The first-order chi connectivity index (χ1) is 43.9. The molecule has 0 aliphatic carbocycles. The highest BCUT2D eigenvalue weighted by atomic mass is 15.2. The molecular formula is C88H74N2. The largest absolute Gasteiger partial charge is 0.310 e. The minimum atomic E-state index is 0.494. The van der Waals surface area contributed by atoms with Gasteiger partial charge in [-0.1, -0.05) is 281 Å². The summed E-state index contributed by atoms with van der Waals surface area (Å²) in [5.74, 6) is 0.989. The van der Waals surface area contributed by atoms with Crippen LogP contribution in [0.5, 0.6) is 0 Å². The minimum absolute atomic E-state index is 0.494. The second-order valence-electron chi connectivity index (χ2n) is 25.2. The molecule has 0 aromatic heterocycles. The third-order valence-corrected chi connectivity index (χ3v) is 18.4. The van der Waals surface area contributed by atoms with Crippen LogP contribution in [-0.4, -0.2) is 0 Å². The molecule has 0 fully saturated rings. The van der Waals surface area contributed by atoms with E-state index in [-0.39, 0.29) is 0 Å². The normalized spacial score (nSPS) is 11.5. The Bertz CT molecular complexity index is 4620. The molecule has 0 amide bonds. The Morgan fingerprint density at radius 2 is 0.489 bits per heavy atom. The summed E-state index contributed by atoms with van der Waals surface area (Å²) in [6.45, 7) is 17.9. The molecule has 0 aliphatic heterocycles. The van der Waals surface area contributed by atoms with Gasteiger partial charge in [-0.05, 0) is 199 Å². The first kappa shape index (κ1) is 57.2. The van der Waals surface area contributed by atoms with E-state index >= 15 is 0 Å². The Kier molecular flexibility index (Phi) is 15.4. The molecule has 0 radical (unpaired) electrons. The van der Waals surface area contributed by atoms with Gasteiger partial charge in [0.1, 0.15) is 0 Å². The summed E-state index contributed by atoms with van der Waals surface area (Å²) in [6.07, 6.45) is 0. The van der Waals surface area contributed by atoms with Crippen molar-refractivity contribution in [3.05, 3.63) is 325 Å². The van der Waals surface area contributed by atoms with E-state index in [0.29, 0.717) is 11.8 Å². The van der Waals surface area contributed by atoms with Gasteiger partial charge in [-0.15, -0.1) is 0 Å². The Morgan fingerprint density at radius 3 is 0.778 bits per heavy atom. The molecule has 2 heteroatoms. The average Bonchev–Trinajstić information content (AvgIpc) is 0.739. The predicted molar refractivity (Wildman–Crippen MR) is 388 cm³/mol. The molecule has 0 saturated carbocycles. The topological polar surface area (TPSA) is 6.48 Å². The molecule has 14 aromatic rings. The molecule has 0 bridgehead atoms. The lowest BCUT2D eigenvalue weighted by molar-refractivity contribution is 0.867. The molecule has 0 saturated heterocycles. The summed E-state index contributed by atoms with van der Waals surface area (Å²) in [5.41, 5.74) is 28.9. The summed E-state index contributed by atoms with van der Waals surface area (Å²) in [6, 6.07) is 109. The van der Waals surface area contributed by atoms with Crippen molar-refractivity contribution in [2.75, 3.05) is 9.80 Å². The van der Waals surface area contributed by atoms with Gasteiger partial charge in [-0.25, -0.2) is 0 Å². The van der Waals surface area contributed by atoms with E-state index in [1.807, 2.05) is 0 Å². The van der Waals surface area contributed by atoms with Crippen molar-refractivity contribution in [1.29, 1.82) is 0 Å². The standard InChI is InChI=1S/C88H74N2/c1-57(2)73-15-13-17-75(53-73)71-37-33-65(34-38-71)63-25-29-67(30-26-63)69-41-45-77(46-42-69)89(85-49-23-59(5)51-61(85)7)87-55-83-80-20-10-12-22-82(80)88(56-84(83)79-19-9-11-21-81(79)87)90(86-50-24-60(6)52-62(86)8)78-47-43-70(44-48-78)68-31-27-64(28-32-68)66-35-39-72(40-36-66)76-18-14-16-74(54-76)58(3)4/h9-58H,1-8H3. The van der Waals surface area contributed by atoms with Crippen molar-refractivity contribution < 1.29 is 0 Å². The Hall–Kier alpha value is -10.5. The van der Waals surface area contributed by atoms with E-state index in [4.69, 9.17) is 0 Å². The van der Waals surface area contributed by atoms with Gasteiger partial charge >= 0.3 is 0 Å². The zero-order valence-corrected chi connectivity index (χ0v) is 52.8. The maximum atomic E-state index is 2.48. The number of hydrogen-bond donors (Lipinski definition) is 0. The molecule has 0 heterocycles. The SMILES string of the molecule is Cc1ccc(N(c2ccc(-c3ccc(-c4ccc(-c5cccc(C(C)C)c5)cc4)cc3)cc2)c2cc3c4ccccc4c(N(c4ccc(-c5ccc(-c6ccc(-c7cccc(C(C)C)c7)cc6)cc5)cc4)c4ccc(C)cc4C)cc3c3ccccc23)c(C)c1. The van der Waals surface area contributed by atoms with Gasteiger partial charge in [0.25, 0.3) is 0 Å². The Labute approximate surface area is 531 Å². The third-order valence-electron chi connectivity index (χ3n) is 18.4. The number of aryl methyl sites for hydroxylation is 4. The fourth-order valence-corrected chi connectivity index (χ4v) is 13.4. The Morgan fingerprint density at radius 1 is 0.211 bits per heavy atom. The molecule has 2 nitrogen and oxygen atoms in total. The monoisotopic (exact) mass is 1160 g/mol. The van der Waals surface area contributed by atoms with Crippen molar-refractivity contribution in [2.24, 2.45) is 0 Å². The van der Waals surface area contributed by atoms with E-state index in [1.54, 1.807) is 0 Å². The number of anilines is 6. The van der Waals surface area contributed by atoms with Crippen LogP contribution in [0.3, 0.4) is 0 Å². The van der Waals surface area contributed by atoms with Gasteiger partial charge in [0.15, 0.2) is 0 Å². The van der Waals surface area contributed by atoms with E-state index < -0.39 is 0 Å². The quantitative estimate of drug-likeness (QED) is 0.100. The molecule has 14 rings (SSSR count). The first-order valence-electron chi connectivity index (χ1n) is 31.8. The molecule has 0 aliphatic rings. The second-order valence-corrected chi connectivity index (χ2v) is 25.2. The second kappa shape index (κ2) is 24.2. The summed E-state index contributed by atoms with van der Waals surface area (Å²) in [4.78, 5) is 4.97. The summed E-state index contributed by atoms with van der Waals surface area (Å²) in [7, 11) is 0. The van der Waals surface area contributed by atoms with Crippen molar-refractivity contribution >= 4 is 66.4 Å². The van der Waals surface area contributed by atoms with Gasteiger partial charge < -0.3 is 9.80 Å². The van der Waals surface area contributed by atoms with Crippen molar-refractivity contribution in [3.8, 4) is 66.8 Å². The summed E-state index contributed by atoms with van der Waals surface area (Å²) in [5, 5.41) is 7.17. The fraction of sp³-hybridized carbons (Fsp3) is 0.114. The van der Waals surface area contributed by atoms with Gasteiger partial charge in [0, 0.05) is 33.5 Å². The number of rotatable bonds is 14. The van der Waals surface area contributed by atoms with Crippen molar-refractivity contribution in [3.63, 3.8) is 0 Å². The lowest BCUT2D eigenvalue weighted by atomic mass is 9.93. The minimum Gasteiger partial charge on any atom is -0.310 e. The molecular weight excluding hydrogens is 1080 g/mol. The summed E-state index contributed by atoms with van der Waals surface area (Å²) < 4.78 is 0. The van der Waals surface area contributed by atoms with Gasteiger partial charge in [-0.2, -0.15) is 0 Å². The van der Waals surface area contributed by atoms with Crippen LogP contribution in [-0.2, 0) is 0 Å². The third kappa shape index (κ3) is 11.2. The summed E-state index contributed by atoms with van der Waals surface area (Å²) >= 11 is 0.